The number of carbonyl (C=O) groups is 1. The monoisotopic (exact) mass is 552 g/mol. The van der Waals surface area contributed by atoms with Crippen LogP contribution < -0.4 is 19.0 Å². The number of hydrogen-bond acceptors (Lipinski definition) is 7. The lowest BCUT2D eigenvalue weighted by Crippen LogP contribution is -2.21. The van der Waals surface area contributed by atoms with Crippen LogP contribution in [0.15, 0.2) is 109 Å². The smallest absolute Gasteiger partial charge is 0.323 e. The molecule has 38 heavy (non-hydrogen) atoms. The summed E-state index contributed by atoms with van der Waals surface area (Å²) in [5.41, 5.74) is 1.51. The Kier molecular flexibility index (Phi) is 8.29. The molecular weight excluding hydrogens is 528 g/mol. The van der Waals surface area contributed by atoms with Gasteiger partial charge in [0.1, 0.15) is 17.3 Å². The molecule has 0 aliphatic carbocycles. The first-order chi connectivity index (χ1) is 18.2. The number of nitrogens with one attached hydrogen (secondary N) is 2. The van der Waals surface area contributed by atoms with Crippen molar-refractivity contribution in [2.45, 2.75) is 11.5 Å². The summed E-state index contributed by atoms with van der Waals surface area (Å²) in [7, 11) is -7.92. The van der Waals surface area contributed by atoms with E-state index in [-0.39, 0.29) is 34.4 Å². The highest BCUT2D eigenvalue weighted by Crippen LogP contribution is 2.27. The van der Waals surface area contributed by atoms with Crippen molar-refractivity contribution in [2.24, 2.45) is 0 Å². The third-order valence-electron chi connectivity index (χ3n) is 5.04. The van der Waals surface area contributed by atoms with Gasteiger partial charge in [-0.25, -0.2) is 4.79 Å². The van der Waals surface area contributed by atoms with Crippen molar-refractivity contribution in [3.8, 4) is 11.5 Å². The Hall–Kier alpha value is -4.35. The van der Waals surface area contributed by atoms with Crippen LogP contribution in [0.1, 0.15) is 11.1 Å². The SMILES string of the molecule is O=C(Nc1cccc(OS(=O)(=O)Cc2ccccc2)c1)Nc1ccccc1OS(=O)(=O)Cc1ccccc1. The van der Waals surface area contributed by atoms with E-state index in [1.807, 2.05) is 0 Å². The van der Waals surface area contributed by atoms with E-state index < -0.39 is 26.3 Å². The van der Waals surface area contributed by atoms with Crippen molar-refractivity contribution < 1.29 is 30.0 Å². The van der Waals surface area contributed by atoms with Gasteiger partial charge in [0, 0.05) is 11.8 Å². The molecule has 0 radical (unpaired) electrons. The third kappa shape index (κ3) is 8.08. The highest BCUT2D eigenvalue weighted by molar-refractivity contribution is 7.86. The molecule has 196 valence electrons. The fourth-order valence-electron chi connectivity index (χ4n) is 3.45. The summed E-state index contributed by atoms with van der Waals surface area (Å²) >= 11 is 0. The second-order valence-corrected chi connectivity index (χ2v) is 11.3. The van der Waals surface area contributed by atoms with Gasteiger partial charge in [0.15, 0.2) is 5.75 Å². The van der Waals surface area contributed by atoms with Gasteiger partial charge in [0.25, 0.3) is 0 Å². The Labute approximate surface area is 221 Å². The molecule has 4 aromatic carbocycles. The number of urea groups is 1. The molecule has 2 N–H and O–H groups in total. The summed E-state index contributed by atoms with van der Waals surface area (Å²) in [6, 6.07) is 28.4. The average Bonchev–Trinajstić information content (AvgIpc) is 2.85. The van der Waals surface area contributed by atoms with Crippen molar-refractivity contribution in [1.29, 1.82) is 0 Å². The molecular formula is C27H24N2O7S2. The van der Waals surface area contributed by atoms with Crippen LogP contribution in [0.3, 0.4) is 0 Å². The zero-order chi connectivity index (χ0) is 27.0. The maximum absolute atomic E-state index is 12.6. The minimum absolute atomic E-state index is 0.0227. The van der Waals surface area contributed by atoms with Crippen LogP contribution in [0.4, 0.5) is 16.2 Å². The summed E-state index contributed by atoms with van der Waals surface area (Å²) in [6.07, 6.45) is 0. The molecule has 0 heterocycles. The van der Waals surface area contributed by atoms with E-state index in [1.165, 1.54) is 30.3 Å². The molecule has 9 nitrogen and oxygen atoms in total. The molecule has 0 fully saturated rings. The quantitative estimate of drug-likeness (QED) is 0.261. The number of anilines is 2. The van der Waals surface area contributed by atoms with Gasteiger partial charge in [0.2, 0.25) is 0 Å². The second-order valence-electron chi connectivity index (χ2n) is 8.15. The number of para-hydroxylation sites is 2. The van der Waals surface area contributed by atoms with Crippen LogP contribution in [0.25, 0.3) is 0 Å². The molecule has 0 unspecified atom stereocenters. The molecule has 0 saturated heterocycles. The van der Waals surface area contributed by atoms with Crippen molar-refractivity contribution in [3.63, 3.8) is 0 Å². The first kappa shape index (κ1) is 26.7. The predicted octanol–water partition coefficient (Wildman–Crippen LogP) is 5.15. The first-order valence-electron chi connectivity index (χ1n) is 11.4. The van der Waals surface area contributed by atoms with Crippen molar-refractivity contribution in [2.75, 3.05) is 10.6 Å². The molecule has 4 rings (SSSR count). The van der Waals surface area contributed by atoms with Gasteiger partial charge in [-0.2, -0.15) is 16.8 Å². The Morgan fingerprint density at radius 2 is 1.16 bits per heavy atom. The summed E-state index contributed by atoms with van der Waals surface area (Å²) in [5, 5.41) is 5.11. The zero-order valence-corrected chi connectivity index (χ0v) is 21.6. The van der Waals surface area contributed by atoms with E-state index in [9.17, 15) is 21.6 Å². The van der Waals surface area contributed by atoms with Crippen molar-refractivity contribution in [3.05, 3.63) is 120 Å². The number of hydrogen-bond donors (Lipinski definition) is 2. The fraction of sp³-hybridized carbons (Fsp3) is 0.0741. The van der Waals surface area contributed by atoms with E-state index in [0.717, 1.165) is 0 Å². The maximum atomic E-state index is 12.6. The minimum atomic E-state index is -4.00. The molecule has 0 aliphatic heterocycles. The van der Waals surface area contributed by atoms with Crippen LogP contribution in [-0.2, 0) is 31.7 Å². The highest BCUT2D eigenvalue weighted by Gasteiger charge is 2.18. The highest BCUT2D eigenvalue weighted by atomic mass is 32.2. The molecule has 0 bridgehead atoms. The maximum Gasteiger partial charge on any atom is 0.323 e. The van der Waals surface area contributed by atoms with Gasteiger partial charge < -0.3 is 19.0 Å². The van der Waals surface area contributed by atoms with Gasteiger partial charge in [0.05, 0.1) is 5.69 Å². The first-order valence-corrected chi connectivity index (χ1v) is 14.5. The van der Waals surface area contributed by atoms with E-state index in [4.69, 9.17) is 8.37 Å². The van der Waals surface area contributed by atoms with Gasteiger partial charge in [-0.1, -0.05) is 78.9 Å². The van der Waals surface area contributed by atoms with Crippen LogP contribution >= 0.6 is 0 Å². The van der Waals surface area contributed by atoms with Crippen LogP contribution in [-0.4, -0.2) is 22.9 Å². The molecule has 4 aromatic rings. The van der Waals surface area contributed by atoms with Gasteiger partial charge >= 0.3 is 26.3 Å². The van der Waals surface area contributed by atoms with Gasteiger partial charge in [-0.05, 0) is 35.4 Å². The van der Waals surface area contributed by atoms with Gasteiger partial charge in [-0.15, -0.1) is 0 Å². The lowest BCUT2D eigenvalue weighted by atomic mass is 10.2. The zero-order valence-electron chi connectivity index (χ0n) is 20.0. The number of benzene rings is 4. The molecule has 0 spiro atoms. The number of carbonyl (C=O) groups excluding carboxylic acids is 1. The number of rotatable bonds is 10. The van der Waals surface area contributed by atoms with E-state index in [0.29, 0.717) is 11.1 Å². The Morgan fingerprint density at radius 3 is 1.79 bits per heavy atom. The predicted molar refractivity (Wildman–Crippen MR) is 145 cm³/mol. The molecule has 2 amide bonds. The second kappa shape index (κ2) is 11.8. The fourth-order valence-corrected chi connectivity index (χ4v) is 5.59. The summed E-state index contributed by atoms with van der Waals surface area (Å²) in [5.74, 6) is -0.679. The van der Waals surface area contributed by atoms with E-state index in [2.05, 4.69) is 10.6 Å². The Balaban J connectivity index is 1.40. The van der Waals surface area contributed by atoms with E-state index in [1.54, 1.807) is 78.9 Å². The summed E-state index contributed by atoms with van der Waals surface area (Å²) < 4.78 is 60.4. The molecule has 0 aliphatic rings. The normalized spacial score (nSPS) is 11.4. The Bertz CT molecular complexity index is 1610. The lowest BCUT2D eigenvalue weighted by molar-refractivity contribution is 0.262. The Morgan fingerprint density at radius 1 is 0.605 bits per heavy atom. The van der Waals surface area contributed by atoms with Crippen LogP contribution in [0, 0.1) is 0 Å². The minimum Gasteiger partial charge on any atom is -0.382 e. The van der Waals surface area contributed by atoms with Gasteiger partial charge in [-0.3, -0.25) is 0 Å². The summed E-state index contributed by atoms with van der Waals surface area (Å²) in [6.45, 7) is 0. The summed E-state index contributed by atoms with van der Waals surface area (Å²) in [4.78, 5) is 12.6. The van der Waals surface area contributed by atoms with Crippen LogP contribution in [0.5, 0.6) is 11.5 Å². The van der Waals surface area contributed by atoms with E-state index >= 15 is 0 Å². The molecule has 11 heteroatoms. The molecule has 0 atom stereocenters. The van der Waals surface area contributed by atoms with Crippen molar-refractivity contribution in [1.82, 2.24) is 0 Å². The standard InChI is InChI=1S/C27H24N2O7S2/c30-27(28-23-14-9-15-24(18-23)35-37(31,32)19-21-10-3-1-4-11-21)29-25-16-7-8-17-26(25)36-38(33,34)20-22-12-5-2-6-13-22/h1-18H,19-20H2,(H2,28,29,30). The molecule has 0 aromatic heterocycles. The largest absolute Gasteiger partial charge is 0.382 e. The molecule has 0 saturated carbocycles. The van der Waals surface area contributed by atoms with Crippen LogP contribution in [0.2, 0.25) is 0 Å². The lowest BCUT2D eigenvalue weighted by Gasteiger charge is -2.13. The number of amides is 2. The topological polar surface area (TPSA) is 128 Å². The third-order valence-corrected chi connectivity index (χ3v) is 7.29. The van der Waals surface area contributed by atoms with Crippen molar-refractivity contribution >= 4 is 37.6 Å². The average molecular weight is 553 g/mol.